The molecule has 0 spiro atoms. The number of nitriles is 1. The molecule has 5 heteroatoms. The molecule has 2 aliphatic heterocycles. The van der Waals surface area contributed by atoms with Crippen LogP contribution in [0.5, 0.6) is 0 Å². The van der Waals surface area contributed by atoms with Crippen molar-refractivity contribution in [1.29, 1.82) is 5.26 Å². The number of halogens is 1. The molecule has 1 N–H and O–H groups in total. The topological polar surface area (TPSA) is 50.5 Å². The highest BCUT2D eigenvalue weighted by Gasteiger charge is 2.32. The van der Waals surface area contributed by atoms with Gasteiger partial charge in [-0.25, -0.2) is 4.39 Å². The van der Waals surface area contributed by atoms with Gasteiger partial charge < -0.3 is 10.0 Å². The molecule has 1 aromatic rings. The third kappa shape index (κ3) is 2.94. The minimum atomic E-state index is -0.365. The predicted octanol–water partition coefficient (Wildman–Crippen LogP) is 2.12. The first-order valence-electron chi connectivity index (χ1n) is 8.04. The number of likely N-dealkylation sites (tertiary alicyclic amines) is 1. The average molecular weight is 303 g/mol. The number of nitrogens with zero attached hydrogens (tertiary/aromatic N) is 3. The highest BCUT2D eigenvalue weighted by Crippen LogP contribution is 2.30. The fourth-order valence-corrected chi connectivity index (χ4v) is 3.80. The second kappa shape index (κ2) is 6.64. The molecule has 2 aliphatic rings. The van der Waals surface area contributed by atoms with E-state index in [0.29, 0.717) is 11.6 Å². The fraction of sp³-hybridized carbons (Fsp3) is 0.588. The summed E-state index contributed by atoms with van der Waals surface area (Å²) in [6.45, 7) is 3.06. The van der Waals surface area contributed by atoms with Gasteiger partial charge in [0.25, 0.3) is 0 Å². The lowest BCUT2D eigenvalue weighted by atomic mass is 10.1. The molecule has 2 atom stereocenters. The summed E-state index contributed by atoms with van der Waals surface area (Å²) < 4.78 is 13.3. The standard InChI is InChI=1S/C17H22FN3O/c18-14-5-6-17(13(9-14)10-19)21-8-2-3-15(21)11-20-7-1-4-16(20)12-22/h5-6,9,15-16,22H,1-4,7-8,11-12H2. The van der Waals surface area contributed by atoms with E-state index in [1.54, 1.807) is 6.07 Å². The molecule has 2 heterocycles. The van der Waals surface area contributed by atoms with E-state index in [9.17, 15) is 14.8 Å². The molecule has 0 radical (unpaired) electrons. The average Bonchev–Trinajstić information content (AvgIpc) is 3.16. The number of benzene rings is 1. The van der Waals surface area contributed by atoms with Crippen LogP contribution < -0.4 is 4.90 Å². The lowest BCUT2D eigenvalue weighted by Gasteiger charge is -2.33. The van der Waals surface area contributed by atoms with Crippen molar-refractivity contribution in [2.45, 2.75) is 37.8 Å². The largest absolute Gasteiger partial charge is 0.395 e. The first-order valence-corrected chi connectivity index (χ1v) is 8.04. The quantitative estimate of drug-likeness (QED) is 0.926. The summed E-state index contributed by atoms with van der Waals surface area (Å²) in [7, 11) is 0. The monoisotopic (exact) mass is 303 g/mol. The zero-order valence-electron chi connectivity index (χ0n) is 12.7. The first-order chi connectivity index (χ1) is 10.7. The Kier molecular flexibility index (Phi) is 4.60. The van der Waals surface area contributed by atoms with Gasteiger partial charge >= 0.3 is 0 Å². The van der Waals surface area contributed by atoms with E-state index in [-0.39, 0.29) is 18.5 Å². The minimum absolute atomic E-state index is 0.215. The molecule has 0 bridgehead atoms. The van der Waals surface area contributed by atoms with Gasteiger partial charge in [0.05, 0.1) is 17.9 Å². The van der Waals surface area contributed by atoms with Crippen LogP contribution in [0, 0.1) is 17.1 Å². The predicted molar refractivity (Wildman–Crippen MR) is 83.2 cm³/mol. The first kappa shape index (κ1) is 15.3. The van der Waals surface area contributed by atoms with Crippen LogP contribution in [0.1, 0.15) is 31.2 Å². The molecule has 2 fully saturated rings. The van der Waals surface area contributed by atoms with E-state index >= 15 is 0 Å². The van der Waals surface area contributed by atoms with Crippen LogP contribution >= 0.6 is 0 Å². The summed E-state index contributed by atoms with van der Waals surface area (Å²) in [5.41, 5.74) is 1.25. The van der Waals surface area contributed by atoms with Crippen LogP contribution in [0.15, 0.2) is 18.2 Å². The summed E-state index contributed by atoms with van der Waals surface area (Å²) in [6, 6.07) is 7.19. The zero-order valence-corrected chi connectivity index (χ0v) is 12.7. The van der Waals surface area contributed by atoms with Crippen molar-refractivity contribution < 1.29 is 9.50 Å². The Morgan fingerprint density at radius 3 is 2.77 bits per heavy atom. The smallest absolute Gasteiger partial charge is 0.124 e. The molecule has 22 heavy (non-hydrogen) atoms. The highest BCUT2D eigenvalue weighted by molar-refractivity contribution is 5.60. The number of rotatable bonds is 4. The number of hydrogen-bond donors (Lipinski definition) is 1. The highest BCUT2D eigenvalue weighted by atomic mass is 19.1. The second-order valence-electron chi connectivity index (χ2n) is 6.24. The van der Waals surface area contributed by atoms with E-state index < -0.39 is 0 Å². The Morgan fingerprint density at radius 2 is 2.00 bits per heavy atom. The van der Waals surface area contributed by atoms with Crippen molar-refractivity contribution >= 4 is 5.69 Å². The molecular formula is C17H22FN3O. The van der Waals surface area contributed by atoms with E-state index in [0.717, 1.165) is 51.0 Å². The van der Waals surface area contributed by atoms with Crippen molar-refractivity contribution in [3.63, 3.8) is 0 Å². The van der Waals surface area contributed by atoms with Crippen LogP contribution in [0.2, 0.25) is 0 Å². The van der Waals surface area contributed by atoms with Crippen molar-refractivity contribution in [2.24, 2.45) is 0 Å². The van der Waals surface area contributed by atoms with Crippen molar-refractivity contribution in [2.75, 3.05) is 31.1 Å². The number of aliphatic hydroxyl groups excluding tert-OH is 1. The molecule has 118 valence electrons. The van der Waals surface area contributed by atoms with Gasteiger partial charge in [0.1, 0.15) is 11.9 Å². The molecular weight excluding hydrogens is 281 g/mol. The Balaban J connectivity index is 1.77. The summed E-state index contributed by atoms with van der Waals surface area (Å²) in [5, 5.41) is 18.7. The fourth-order valence-electron chi connectivity index (χ4n) is 3.80. The van der Waals surface area contributed by atoms with Crippen molar-refractivity contribution in [3.05, 3.63) is 29.6 Å². The van der Waals surface area contributed by atoms with Crippen LogP contribution in [0.25, 0.3) is 0 Å². The SMILES string of the molecule is N#Cc1cc(F)ccc1N1CCCC1CN1CCCC1CO. The third-order valence-electron chi connectivity index (χ3n) is 4.92. The van der Waals surface area contributed by atoms with Gasteiger partial charge in [-0.1, -0.05) is 0 Å². The maximum atomic E-state index is 13.3. The second-order valence-corrected chi connectivity index (χ2v) is 6.24. The van der Waals surface area contributed by atoms with E-state index in [2.05, 4.69) is 15.9 Å². The zero-order chi connectivity index (χ0) is 15.5. The molecule has 0 aromatic heterocycles. The summed E-state index contributed by atoms with van der Waals surface area (Å²) >= 11 is 0. The normalized spacial score (nSPS) is 25.6. The van der Waals surface area contributed by atoms with Gasteiger partial charge in [-0.15, -0.1) is 0 Å². The summed E-state index contributed by atoms with van der Waals surface area (Å²) in [5.74, 6) is -0.365. The summed E-state index contributed by atoms with van der Waals surface area (Å²) in [6.07, 6.45) is 4.36. The molecule has 3 rings (SSSR count). The van der Waals surface area contributed by atoms with Gasteiger partial charge in [0, 0.05) is 25.2 Å². The molecule has 2 unspecified atom stereocenters. The van der Waals surface area contributed by atoms with Crippen LogP contribution in [0.3, 0.4) is 0 Å². The Morgan fingerprint density at radius 1 is 1.23 bits per heavy atom. The molecule has 2 saturated heterocycles. The molecule has 0 saturated carbocycles. The van der Waals surface area contributed by atoms with E-state index in [1.165, 1.54) is 12.1 Å². The molecule has 0 aliphatic carbocycles. The van der Waals surface area contributed by atoms with Gasteiger partial charge in [-0.2, -0.15) is 5.26 Å². The molecule has 4 nitrogen and oxygen atoms in total. The Labute approximate surface area is 130 Å². The van der Waals surface area contributed by atoms with Gasteiger partial charge in [-0.05, 0) is 50.4 Å². The Hall–Kier alpha value is -1.64. The lowest BCUT2D eigenvalue weighted by Crippen LogP contribution is -2.43. The van der Waals surface area contributed by atoms with Crippen molar-refractivity contribution in [3.8, 4) is 6.07 Å². The number of hydrogen-bond acceptors (Lipinski definition) is 4. The Bertz CT molecular complexity index is 572. The maximum Gasteiger partial charge on any atom is 0.124 e. The maximum absolute atomic E-state index is 13.3. The molecule has 1 aromatic carbocycles. The third-order valence-corrected chi connectivity index (χ3v) is 4.92. The van der Waals surface area contributed by atoms with Crippen molar-refractivity contribution in [1.82, 2.24) is 4.90 Å². The summed E-state index contributed by atoms with van der Waals surface area (Å²) in [4.78, 5) is 4.60. The number of aliphatic hydroxyl groups is 1. The lowest BCUT2D eigenvalue weighted by molar-refractivity contribution is 0.153. The van der Waals surface area contributed by atoms with Crippen LogP contribution in [0.4, 0.5) is 10.1 Å². The molecule has 0 amide bonds. The van der Waals surface area contributed by atoms with E-state index in [1.807, 2.05) is 0 Å². The van der Waals surface area contributed by atoms with Crippen LogP contribution in [-0.2, 0) is 0 Å². The van der Waals surface area contributed by atoms with Gasteiger partial charge in [0.2, 0.25) is 0 Å². The van der Waals surface area contributed by atoms with Gasteiger partial charge in [0.15, 0.2) is 0 Å². The van der Waals surface area contributed by atoms with Gasteiger partial charge in [-0.3, -0.25) is 4.90 Å². The van der Waals surface area contributed by atoms with E-state index in [4.69, 9.17) is 0 Å². The minimum Gasteiger partial charge on any atom is -0.395 e. The number of anilines is 1. The van der Waals surface area contributed by atoms with Crippen LogP contribution in [-0.4, -0.2) is 48.3 Å².